The van der Waals surface area contributed by atoms with Crippen LogP contribution in [0.4, 0.5) is 11.4 Å². The quantitative estimate of drug-likeness (QED) is 0.432. The van der Waals surface area contributed by atoms with Gasteiger partial charge in [0, 0.05) is 23.2 Å². The monoisotopic (exact) mass is 352 g/mol. The number of hydrogen-bond acceptors (Lipinski definition) is 5. The molecule has 2 heterocycles. The smallest absolute Gasteiger partial charge is 0.407 e. The number of nitro groups is 1. The molecule has 4 aromatic rings. The Kier molecular flexibility index (Phi) is 3.54. The number of nitrogens with zero attached hydrogens (tertiary/aromatic N) is 2. The van der Waals surface area contributed by atoms with Crippen molar-refractivity contribution in [2.75, 3.05) is 5.32 Å². The topological polar surface area (TPSA) is 123 Å². The Morgan fingerprint density at radius 2 is 2.12 bits per heavy atom. The number of aromatic nitrogens is 2. The van der Waals surface area contributed by atoms with Crippen LogP contribution >= 0.6 is 0 Å². The summed E-state index contributed by atoms with van der Waals surface area (Å²) in [4.78, 5) is 37.7. The molecule has 0 aliphatic rings. The van der Waals surface area contributed by atoms with E-state index in [-0.39, 0.29) is 17.8 Å². The second kappa shape index (κ2) is 5.88. The summed E-state index contributed by atoms with van der Waals surface area (Å²) in [5.74, 6) is -1.17. The van der Waals surface area contributed by atoms with Gasteiger partial charge >= 0.3 is 5.76 Å². The van der Waals surface area contributed by atoms with Crippen LogP contribution in [0.25, 0.3) is 22.0 Å². The number of carbonyl (C=O) groups excluding carboxylic acids is 1. The van der Waals surface area contributed by atoms with Crippen LogP contribution in [-0.4, -0.2) is 20.4 Å². The number of carbonyl (C=O) groups is 1. The van der Waals surface area contributed by atoms with E-state index in [9.17, 15) is 19.7 Å². The average molecular weight is 352 g/mol. The number of oxazole rings is 1. The van der Waals surface area contributed by atoms with E-state index in [0.717, 1.165) is 21.5 Å². The van der Waals surface area contributed by atoms with Gasteiger partial charge in [-0.05, 0) is 24.3 Å². The maximum atomic E-state index is 12.4. The van der Waals surface area contributed by atoms with Crippen LogP contribution in [0.1, 0.15) is 0 Å². The molecule has 9 nitrogen and oxygen atoms in total. The zero-order valence-electron chi connectivity index (χ0n) is 13.3. The van der Waals surface area contributed by atoms with Gasteiger partial charge in [-0.3, -0.25) is 19.5 Å². The Morgan fingerprint density at radius 1 is 1.27 bits per heavy atom. The molecular weight excluding hydrogens is 340 g/mol. The minimum absolute atomic E-state index is 0.0599. The summed E-state index contributed by atoms with van der Waals surface area (Å²) < 4.78 is 6.15. The van der Waals surface area contributed by atoms with E-state index >= 15 is 0 Å². The lowest BCUT2D eigenvalue weighted by Crippen LogP contribution is -2.24. The van der Waals surface area contributed by atoms with Crippen LogP contribution in [0.2, 0.25) is 0 Å². The Labute approximate surface area is 145 Å². The van der Waals surface area contributed by atoms with Gasteiger partial charge in [-0.2, -0.15) is 0 Å². The van der Waals surface area contributed by atoms with E-state index in [1.807, 2.05) is 12.1 Å². The highest BCUT2D eigenvalue weighted by atomic mass is 16.6. The number of nitrogens with one attached hydrogen (secondary N) is 2. The van der Waals surface area contributed by atoms with Crippen molar-refractivity contribution in [3.63, 3.8) is 0 Å². The summed E-state index contributed by atoms with van der Waals surface area (Å²) in [5, 5.41) is 14.4. The number of rotatable bonds is 4. The highest BCUT2D eigenvalue weighted by Gasteiger charge is 2.16. The van der Waals surface area contributed by atoms with E-state index in [1.165, 1.54) is 12.1 Å². The van der Waals surface area contributed by atoms with Gasteiger partial charge in [0.15, 0.2) is 5.58 Å². The van der Waals surface area contributed by atoms with Gasteiger partial charge in [0.25, 0.3) is 5.69 Å². The van der Waals surface area contributed by atoms with Crippen molar-refractivity contribution < 1.29 is 14.1 Å². The molecule has 4 rings (SSSR count). The Morgan fingerprint density at radius 3 is 2.92 bits per heavy atom. The standard InChI is InChI=1S/C17H12N4O5/c22-16(19-13-3-1-2-12-11(13)6-7-18-12)9-20-14-5-4-10(21(24)25)8-15(14)26-17(20)23/h1-8,18H,9H2,(H,19,22). The SMILES string of the molecule is O=C(Cn1c(=O)oc2cc([N+](=O)[O-])ccc21)Nc1cccc2[nH]ccc12. The van der Waals surface area contributed by atoms with Gasteiger partial charge in [0.1, 0.15) is 6.54 Å². The molecule has 0 saturated heterocycles. The predicted octanol–water partition coefficient (Wildman–Crippen LogP) is 2.62. The number of amides is 1. The highest BCUT2D eigenvalue weighted by molar-refractivity contribution is 6.01. The summed E-state index contributed by atoms with van der Waals surface area (Å²) >= 11 is 0. The molecule has 0 saturated carbocycles. The van der Waals surface area contributed by atoms with E-state index in [4.69, 9.17) is 4.42 Å². The van der Waals surface area contributed by atoms with Crippen molar-refractivity contribution in [1.29, 1.82) is 0 Å². The molecular formula is C17H12N4O5. The Hall–Kier alpha value is -3.88. The molecule has 9 heteroatoms. The average Bonchev–Trinajstić information content (AvgIpc) is 3.20. The molecule has 2 N–H and O–H groups in total. The predicted molar refractivity (Wildman–Crippen MR) is 94.1 cm³/mol. The Balaban J connectivity index is 1.63. The minimum atomic E-state index is -0.754. The minimum Gasteiger partial charge on any atom is -0.407 e. The first-order valence-corrected chi connectivity index (χ1v) is 7.66. The van der Waals surface area contributed by atoms with Crippen LogP contribution < -0.4 is 11.1 Å². The van der Waals surface area contributed by atoms with Crippen molar-refractivity contribution >= 4 is 39.3 Å². The number of non-ortho nitro benzene ring substituents is 1. The maximum absolute atomic E-state index is 12.4. The van der Waals surface area contributed by atoms with Gasteiger partial charge in [-0.25, -0.2) is 4.79 Å². The second-order valence-electron chi connectivity index (χ2n) is 5.66. The summed E-state index contributed by atoms with van der Waals surface area (Å²) in [5.41, 5.74) is 1.67. The van der Waals surface area contributed by atoms with Crippen molar-refractivity contribution in [1.82, 2.24) is 9.55 Å². The molecule has 1 amide bonds. The number of benzene rings is 2. The van der Waals surface area contributed by atoms with Crippen molar-refractivity contribution in [2.45, 2.75) is 6.54 Å². The zero-order chi connectivity index (χ0) is 18.3. The fourth-order valence-corrected chi connectivity index (χ4v) is 2.85. The molecule has 0 aliphatic carbocycles. The third kappa shape index (κ3) is 2.61. The number of hydrogen-bond donors (Lipinski definition) is 2. The van der Waals surface area contributed by atoms with Crippen LogP contribution in [0.3, 0.4) is 0 Å². The Bertz CT molecular complexity index is 1220. The molecule has 0 spiro atoms. The van der Waals surface area contributed by atoms with E-state index in [0.29, 0.717) is 11.2 Å². The van der Waals surface area contributed by atoms with E-state index in [1.54, 1.807) is 18.3 Å². The normalized spacial score (nSPS) is 11.1. The molecule has 130 valence electrons. The lowest BCUT2D eigenvalue weighted by Gasteiger charge is -2.07. The summed E-state index contributed by atoms with van der Waals surface area (Å²) in [6, 6.07) is 11.1. The van der Waals surface area contributed by atoms with Gasteiger partial charge < -0.3 is 14.7 Å². The van der Waals surface area contributed by atoms with Crippen LogP contribution in [0.15, 0.2) is 57.9 Å². The molecule has 0 aliphatic heterocycles. The molecule has 0 unspecified atom stereocenters. The van der Waals surface area contributed by atoms with Crippen molar-refractivity contribution in [3.8, 4) is 0 Å². The van der Waals surface area contributed by atoms with Gasteiger partial charge in [-0.1, -0.05) is 6.07 Å². The first kappa shape index (κ1) is 15.6. The largest absolute Gasteiger partial charge is 0.420 e. The van der Waals surface area contributed by atoms with Gasteiger partial charge in [0.05, 0.1) is 22.2 Å². The van der Waals surface area contributed by atoms with E-state index in [2.05, 4.69) is 10.3 Å². The number of H-pyrrole nitrogens is 1. The molecule has 2 aromatic carbocycles. The second-order valence-corrected chi connectivity index (χ2v) is 5.66. The van der Waals surface area contributed by atoms with Crippen LogP contribution in [-0.2, 0) is 11.3 Å². The fourth-order valence-electron chi connectivity index (χ4n) is 2.85. The molecule has 0 bridgehead atoms. The maximum Gasteiger partial charge on any atom is 0.420 e. The molecule has 0 radical (unpaired) electrons. The third-order valence-electron chi connectivity index (χ3n) is 4.03. The summed E-state index contributed by atoms with van der Waals surface area (Å²) in [7, 11) is 0. The third-order valence-corrected chi connectivity index (χ3v) is 4.03. The van der Waals surface area contributed by atoms with Gasteiger partial charge in [-0.15, -0.1) is 0 Å². The number of nitro benzene ring substituents is 1. The van der Waals surface area contributed by atoms with Crippen LogP contribution in [0, 0.1) is 10.1 Å². The summed E-state index contributed by atoms with van der Waals surface area (Å²) in [6.07, 6.45) is 1.77. The van der Waals surface area contributed by atoms with Crippen LogP contribution in [0.5, 0.6) is 0 Å². The lowest BCUT2D eigenvalue weighted by atomic mass is 10.2. The number of aromatic amines is 1. The molecule has 0 atom stereocenters. The van der Waals surface area contributed by atoms with Crippen molar-refractivity contribution in [2.24, 2.45) is 0 Å². The summed E-state index contributed by atoms with van der Waals surface area (Å²) in [6.45, 7) is -0.273. The zero-order valence-corrected chi connectivity index (χ0v) is 13.3. The lowest BCUT2D eigenvalue weighted by molar-refractivity contribution is -0.384. The molecule has 2 aromatic heterocycles. The number of anilines is 1. The highest BCUT2D eigenvalue weighted by Crippen LogP contribution is 2.23. The molecule has 0 fully saturated rings. The fraction of sp³-hybridized carbons (Fsp3) is 0.0588. The molecule has 26 heavy (non-hydrogen) atoms. The first-order valence-electron chi connectivity index (χ1n) is 7.66. The number of fused-ring (bicyclic) bond motifs is 2. The first-order chi connectivity index (χ1) is 12.5. The van der Waals surface area contributed by atoms with Crippen molar-refractivity contribution in [3.05, 3.63) is 69.3 Å². The van der Waals surface area contributed by atoms with E-state index < -0.39 is 16.6 Å². The van der Waals surface area contributed by atoms with Gasteiger partial charge in [0.2, 0.25) is 5.91 Å².